The first-order chi connectivity index (χ1) is 9.83. The van der Waals surface area contributed by atoms with Gasteiger partial charge in [-0.15, -0.1) is 0 Å². The van der Waals surface area contributed by atoms with Crippen molar-refractivity contribution in [3.63, 3.8) is 0 Å². The third-order valence-electron chi connectivity index (χ3n) is 4.10. The van der Waals surface area contributed by atoms with Gasteiger partial charge < -0.3 is 15.4 Å². The SMILES string of the molecule is O=C(COC1CCNCC1)NC1CC1c1ccccc1. The number of rotatable bonds is 5. The molecule has 1 aromatic carbocycles. The van der Waals surface area contributed by atoms with Crippen molar-refractivity contribution in [1.29, 1.82) is 0 Å². The quantitative estimate of drug-likeness (QED) is 0.854. The van der Waals surface area contributed by atoms with Crippen molar-refractivity contribution in [3.05, 3.63) is 35.9 Å². The molecular formula is C16H22N2O2. The van der Waals surface area contributed by atoms with E-state index >= 15 is 0 Å². The molecule has 0 aromatic heterocycles. The topological polar surface area (TPSA) is 50.4 Å². The molecule has 1 saturated carbocycles. The molecule has 108 valence electrons. The number of benzene rings is 1. The van der Waals surface area contributed by atoms with Crippen LogP contribution in [0, 0.1) is 0 Å². The highest BCUT2D eigenvalue weighted by atomic mass is 16.5. The average molecular weight is 274 g/mol. The number of amides is 1. The van der Waals surface area contributed by atoms with Crippen LogP contribution in [-0.4, -0.2) is 37.7 Å². The Kier molecular flexibility index (Phi) is 4.33. The maximum absolute atomic E-state index is 11.9. The standard InChI is InChI=1S/C16H22N2O2/c19-16(11-20-13-6-8-17-9-7-13)18-15-10-14(15)12-4-2-1-3-5-12/h1-5,13-15,17H,6-11H2,(H,18,19). The maximum atomic E-state index is 11.9. The first kappa shape index (κ1) is 13.6. The van der Waals surface area contributed by atoms with Gasteiger partial charge in [0.1, 0.15) is 6.61 Å². The highest BCUT2D eigenvalue weighted by Crippen LogP contribution is 2.40. The van der Waals surface area contributed by atoms with Crippen molar-refractivity contribution >= 4 is 5.91 Å². The lowest BCUT2D eigenvalue weighted by Gasteiger charge is -2.22. The summed E-state index contributed by atoms with van der Waals surface area (Å²) in [6.07, 6.45) is 3.29. The van der Waals surface area contributed by atoms with Crippen LogP contribution in [0.5, 0.6) is 0 Å². The first-order valence-corrected chi connectivity index (χ1v) is 7.49. The van der Waals surface area contributed by atoms with Crippen molar-refractivity contribution in [2.75, 3.05) is 19.7 Å². The lowest BCUT2D eigenvalue weighted by atomic mass is 10.1. The highest BCUT2D eigenvalue weighted by molar-refractivity contribution is 5.78. The minimum Gasteiger partial charge on any atom is -0.368 e. The van der Waals surface area contributed by atoms with E-state index in [1.54, 1.807) is 0 Å². The lowest BCUT2D eigenvalue weighted by molar-refractivity contribution is -0.128. The molecule has 2 fully saturated rings. The van der Waals surface area contributed by atoms with Gasteiger partial charge in [0, 0.05) is 12.0 Å². The van der Waals surface area contributed by atoms with Gasteiger partial charge in [0.15, 0.2) is 0 Å². The summed E-state index contributed by atoms with van der Waals surface area (Å²) in [4.78, 5) is 11.9. The van der Waals surface area contributed by atoms with Crippen molar-refractivity contribution in [1.82, 2.24) is 10.6 Å². The van der Waals surface area contributed by atoms with Crippen LogP contribution in [0.3, 0.4) is 0 Å². The fraction of sp³-hybridized carbons (Fsp3) is 0.562. The average Bonchev–Trinajstić information content (AvgIpc) is 3.26. The molecule has 0 bridgehead atoms. The number of piperidine rings is 1. The van der Waals surface area contributed by atoms with Gasteiger partial charge in [-0.05, 0) is 37.9 Å². The molecule has 0 radical (unpaired) electrons. The van der Waals surface area contributed by atoms with Gasteiger partial charge in [-0.2, -0.15) is 0 Å². The molecule has 1 saturated heterocycles. The summed E-state index contributed by atoms with van der Waals surface area (Å²) < 4.78 is 5.66. The second-order valence-electron chi connectivity index (χ2n) is 5.69. The molecule has 2 unspecified atom stereocenters. The van der Waals surface area contributed by atoms with Crippen LogP contribution in [0.4, 0.5) is 0 Å². The zero-order valence-electron chi connectivity index (χ0n) is 11.7. The van der Waals surface area contributed by atoms with Crippen LogP contribution in [0.2, 0.25) is 0 Å². The molecule has 20 heavy (non-hydrogen) atoms. The Bertz CT molecular complexity index is 443. The number of carbonyl (C=O) groups excluding carboxylic acids is 1. The predicted octanol–water partition coefficient (Wildman–Crippen LogP) is 1.43. The number of carbonyl (C=O) groups is 1. The molecular weight excluding hydrogens is 252 g/mol. The van der Waals surface area contributed by atoms with E-state index in [2.05, 4.69) is 22.8 Å². The Labute approximate surface area is 119 Å². The van der Waals surface area contributed by atoms with E-state index < -0.39 is 0 Å². The summed E-state index contributed by atoms with van der Waals surface area (Å²) in [6, 6.07) is 10.7. The van der Waals surface area contributed by atoms with Crippen molar-refractivity contribution in [2.24, 2.45) is 0 Å². The van der Waals surface area contributed by atoms with Gasteiger partial charge in [0.05, 0.1) is 6.10 Å². The summed E-state index contributed by atoms with van der Waals surface area (Å²) in [7, 11) is 0. The zero-order chi connectivity index (χ0) is 13.8. The minimum absolute atomic E-state index is 0.0203. The molecule has 2 aliphatic rings. The molecule has 2 atom stereocenters. The van der Waals surface area contributed by atoms with E-state index in [1.165, 1.54) is 5.56 Å². The second kappa shape index (κ2) is 6.37. The Hall–Kier alpha value is -1.39. The van der Waals surface area contributed by atoms with Crippen LogP contribution >= 0.6 is 0 Å². The Morgan fingerprint density at radius 3 is 2.75 bits per heavy atom. The van der Waals surface area contributed by atoms with E-state index in [0.717, 1.165) is 32.4 Å². The van der Waals surface area contributed by atoms with Crippen LogP contribution in [0.25, 0.3) is 0 Å². The lowest BCUT2D eigenvalue weighted by Crippen LogP contribution is -2.36. The third kappa shape index (κ3) is 3.58. The van der Waals surface area contributed by atoms with E-state index in [1.807, 2.05) is 18.2 Å². The molecule has 1 amide bonds. The summed E-state index contributed by atoms with van der Waals surface area (Å²) in [5.41, 5.74) is 1.32. The largest absolute Gasteiger partial charge is 0.368 e. The van der Waals surface area contributed by atoms with E-state index in [-0.39, 0.29) is 18.6 Å². The first-order valence-electron chi connectivity index (χ1n) is 7.49. The third-order valence-corrected chi connectivity index (χ3v) is 4.10. The van der Waals surface area contributed by atoms with Crippen molar-refractivity contribution < 1.29 is 9.53 Å². The molecule has 0 spiro atoms. The van der Waals surface area contributed by atoms with Gasteiger partial charge in [0.25, 0.3) is 0 Å². The normalized spacial score (nSPS) is 26.2. The summed E-state index contributed by atoms with van der Waals surface area (Å²) in [5.74, 6) is 0.506. The van der Waals surface area contributed by atoms with Crippen molar-refractivity contribution in [2.45, 2.75) is 37.3 Å². The fourth-order valence-electron chi connectivity index (χ4n) is 2.83. The molecule has 1 aliphatic carbocycles. The van der Waals surface area contributed by atoms with Gasteiger partial charge in [-0.3, -0.25) is 4.79 Å². The minimum atomic E-state index is 0.0203. The highest BCUT2D eigenvalue weighted by Gasteiger charge is 2.39. The number of hydrogen-bond acceptors (Lipinski definition) is 3. The van der Waals surface area contributed by atoms with Gasteiger partial charge >= 0.3 is 0 Å². The molecule has 4 heteroatoms. The van der Waals surface area contributed by atoms with E-state index in [4.69, 9.17) is 4.74 Å². The fourth-order valence-corrected chi connectivity index (χ4v) is 2.83. The van der Waals surface area contributed by atoms with Crippen LogP contribution in [-0.2, 0) is 9.53 Å². The smallest absolute Gasteiger partial charge is 0.246 e. The molecule has 3 rings (SSSR count). The van der Waals surface area contributed by atoms with E-state index in [0.29, 0.717) is 12.0 Å². The maximum Gasteiger partial charge on any atom is 0.246 e. The molecule has 1 aliphatic heterocycles. The Morgan fingerprint density at radius 2 is 2.00 bits per heavy atom. The number of nitrogens with one attached hydrogen (secondary N) is 2. The van der Waals surface area contributed by atoms with E-state index in [9.17, 15) is 4.79 Å². The Balaban J connectivity index is 1.38. The number of ether oxygens (including phenoxy) is 1. The second-order valence-corrected chi connectivity index (χ2v) is 5.69. The Morgan fingerprint density at radius 1 is 1.25 bits per heavy atom. The monoisotopic (exact) mass is 274 g/mol. The van der Waals surface area contributed by atoms with Gasteiger partial charge in [-0.25, -0.2) is 0 Å². The van der Waals surface area contributed by atoms with Crippen LogP contribution in [0.1, 0.15) is 30.7 Å². The number of hydrogen-bond donors (Lipinski definition) is 2. The van der Waals surface area contributed by atoms with Crippen LogP contribution < -0.4 is 10.6 Å². The molecule has 1 heterocycles. The summed E-state index contributed by atoms with van der Waals surface area (Å²) in [5, 5.41) is 6.35. The summed E-state index contributed by atoms with van der Waals surface area (Å²) >= 11 is 0. The molecule has 4 nitrogen and oxygen atoms in total. The van der Waals surface area contributed by atoms with Crippen LogP contribution in [0.15, 0.2) is 30.3 Å². The van der Waals surface area contributed by atoms with Crippen molar-refractivity contribution in [3.8, 4) is 0 Å². The predicted molar refractivity (Wildman–Crippen MR) is 77.6 cm³/mol. The summed E-state index contributed by atoms with van der Waals surface area (Å²) in [6.45, 7) is 2.18. The zero-order valence-corrected chi connectivity index (χ0v) is 11.7. The van der Waals surface area contributed by atoms with Gasteiger partial charge in [-0.1, -0.05) is 30.3 Å². The van der Waals surface area contributed by atoms with Gasteiger partial charge in [0.2, 0.25) is 5.91 Å². The molecule has 2 N–H and O–H groups in total. The molecule has 1 aromatic rings.